The molecule has 0 atom stereocenters. The van der Waals surface area contributed by atoms with Gasteiger partial charge in [0.1, 0.15) is 17.1 Å². The highest BCUT2D eigenvalue weighted by atomic mass is 16.5. The number of nitrogens with one attached hydrogen (secondary N) is 1. The molecule has 0 saturated heterocycles. The summed E-state index contributed by atoms with van der Waals surface area (Å²) in [6, 6.07) is 9.42. The van der Waals surface area contributed by atoms with Crippen LogP contribution >= 0.6 is 0 Å². The molecule has 2 aromatic heterocycles. The second-order valence-electron chi connectivity index (χ2n) is 6.17. The van der Waals surface area contributed by atoms with Crippen molar-refractivity contribution in [3.05, 3.63) is 59.0 Å². The number of carbonyl (C=O) groups is 2. The third-order valence-electron chi connectivity index (χ3n) is 3.72. The number of aryl methyl sites for hydroxylation is 3. The standard InChI is InChI=1S/C19H19N5O4/c1-11-8-12(2)21-19(20-11)24-16(9-13(3)23-24)22-17(26)10-28-18(27)14-6-4-5-7-15(14)25/h4-9,25H,10H2,1-3H3,(H,22,26). The summed E-state index contributed by atoms with van der Waals surface area (Å²) in [5.74, 6) is -0.892. The highest BCUT2D eigenvalue weighted by Crippen LogP contribution is 2.17. The molecule has 3 aromatic rings. The van der Waals surface area contributed by atoms with Crippen LogP contribution in [0.5, 0.6) is 5.75 Å². The first-order valence-electron chi connectivity index (χ1n) is 8.48. The van der Waals surface area contributed by atoms with Crippen LogP contribution in [0.15, 0.2) is 36.4 Å². The Kier molecular flexibility index (Phi) is 5.35. The molecule has 0 saturated carbocycles. The molecule has 0 bridgehead atoms. The van der Waals surface area contributed by atoms with Gasteiger partial charge in [-0.05, 0) is 39.0 Å². The molecule has 2 N–H and O–H groups in total. The van der Waals surface area contributed by atoms with Crippen molar-refractivity contribution in [1.82, 2.24) is 19.7 Å². The number of para-hydroxylation sites is 1. The van der Waals surface area contributed by atoms with E-state index in [1.165, 1.54) is 16.8 Å². The summed E-state index contributed by atoms with van der Waals surface area (Å²) in [7, 11) is 0. The maximum atomic E-state index is 12.2. The number of hydrogen-bond acceptors (Lipinski definition) is 7. The van der Waals surface area contributed by atoms with E-state index in [4.69, 9.17) is 4.74 Å². The van der Waals surface area contributed by atoms with Crippen LogP contribution in [0.2, 0.25) is 0 Å². The second kappa shape index (κ2) is 7.87. The van der Waals surface area contributed by atoms with Gasteiger partial charge in [-0.15, -0.1) is 0 Å². The minimum Gasteiger partial charge on any atom is -0.507 e. The Bertz CT molecular complexity index is 1020. The van der Waals surface area contributed by atoms with Crippen molar-refractivity contribution in [2.45, 2.75) is 20.8 Å². The second-order valence-corrected chi connectivity index (χ2v) is 6.17. The van der Waals surface area contributed by atoms with E-state index in [2.05, 4.69) is 20.4 Å². The van der Waals surface area contributed by atoms with Gasteiger partial charge in [-0.2, -0.15) is 9.78 Å². The van der Waals surface area contributed by atoms with Crippen LogP contribution in [0, 0.1) is 20.8 Å². The van der Waals surface area contributed by atoms with E-state index >= 15 is 0 Å². The molecule has 0 aliphatic heterocycles. The summed E-state index contributed by atoms with van der Waals surface area (Å²) in [6.07, 6.45) is 0. The fourth-order valence-corrected chi connectivity index (χ4v) is 2.58. The predicted molar refractivity (Wildman–Crippen MR) is 100 cm³/mol. The number of nitrogens with zero attached hydrogens (tertiary/aromatic N) is 4. The molecule has 0 aliphatic rings. The van der Waals surface area contributed by atoms with Crippen LogP contribution in [0.3, 0.4) is 0 Å². The lowest BCUT2D eigenvalue weighted by molar-refractivity contribution is -0.119. The van der Waals surface area contributed by atoms with Gasteiger partial charge in [-0.1, -0.05) is 12.1 Å². The molecule has 0 aliphatic carbocycles. The van der Waals surface area contributed by atoms with Crippen LogP contribution in [-0.4, -0.2) is 43.3 Å². The number of anilines is 1. The Morgan fingerprint density at radius 3 is 2.43 bits per heavy atom. The number of ether oxygens (including phenoxy) is 1. The number of carbonyl (C=O) groups excluding carboxylic acids is 2. The van der Waals surface area contributed by atoms with Crippen LogP contribution in [0.4, 0.5) is 5.82 Å². The normalized spacial score (nSPS) is 10.5. The molecule has 28 heavy (non-hydrogen) atoms. The minimum atomic E-state index is -0.796. The van der Waals surface area contributed by atoms with Gasteiger partial charge in [-0.3, -0.25) is 4.79 Å². The van der Waals surface area contributed by atoms with E-state index < -0.39 is 18.5 Å². The van der Waals surface area contributed by atoms with Crippen LogP contribution in [0.1, 0.15) is 27.4 Å². The van der Waals surface area contributed by atoms with Gasteiger partial charge < -0.3 is 15.2 Å². The molecule has 2 heterocycles. The summed E-state index contributed by atoms with van der Waals surface area (Å²) in [6.45, 7) is 4.93. The summed E-state index contributed by atoms with van der Waals surface area (Å²) in [5.41, 5.74) is 2.18. The average Bonchev–Trinajstić information content (AvgIpc) is 2.99. The Morgan fingerprint density at radius 2 is 1.75 bits per heavy atom. The SMILES string of the molecule is Cc1cc(C)nc(-n2nc(C)cc2NC(=O)COC(=O)c2ccccc2O)n1. The van der Waals surface area contributed by atoms with Gasteiger partial charge >= 0.3 is 5.97 Å². The van der Waals surface area contributed by atoms with Crippen molar-refractivity contribution in [2.75, 3.05) is 11.9 Å². The zero-order valence-electron chi connectivity index (χ0n) is 15.6. The van der Waals surface area contributed by atoms with E-state index in [1.54, 1.807) is 25.1 Å². The summed E-state index contributed by atoms with van der Waals surface area (Å²) < 4.78 is 6.38. The van der Waals surface area contributed by atoms with Gasteiger partial charge in [0.15, 0.2) is 6.61 Å². The monoisotopic (exact) mass is 381 g/mol. The first kappa shape index (κ1) is 19.0. The number of aromatic hydroxyl groups is 1. The maximum absolute atomic E-state index is 12.2. The predicted octanol–water partition coefficient (Wildman–Crippen LogP) is 2.09. The molecule has 1 amide bonds. The van der Waals surface area contributed by atoms with Gasteiger partial charge in [0.05, 0.1) is 5.69 Å². The Labute approximate surface area is 161 Å². The summed E-state index contributed by atoms with van der Waals surface area (Å²) in [4.78, 5) is 32.9. The molecular weight excluding hydrogens is 362 g/mol. The van der Waals surface area contributed by atoms with Crippen LogP contribution in [-0.2, 0) is 9.53 Å². The topological polar surface area (TPSA) is 119 Å². The molecule has 0 spiro atoms. The molecule has 0 fully saturated rings. The average molecular weight is 381 g/mol. The number of phenols is 1. The minimum absolute atomic E-state index is 0.0141. The smallest absolute Gasteiger partial charge is 0.342 e. The highest BCUT2D eigenvalue weighted by Gasteiger charge is 2.17. The first-order chi connectivity index (χ1) is 13.3. The number of rotatable bonds is 5. The fourth-order valence-electron chi connectivity index (χ4n) is 2.58. The molecule has 1 aromatic carbocycles. The molecular formula is C19H19N5O4. The van der Waals surface area contributed by atoms with Gasteiger partial charge in [-0.25, -0.2) is 14.8 Å². The Balaban J connectivity index is 1.71. The highest BCUT2D eigenvalue weighted by molar-refractivity contribution is 5.96. The van der Waals surface area contributed by atoms with Crippen molar-refractivity contribution in [3.63, 3.8) is 0 Å². The molecule has 9 nitrogen and oxygen atoms in total. The number of hydrogen-bond donors (Lipinski definition) is 2. The number of phenolic OH excluding ortho intramolecular Hbond substituents is 1. The quantitative estimate of drug-likeness (QED) is 0.649. The Hall–Kier alpha value is -3.75. The molecule has 9 heteroatoms. The van der Waals surface area contributed by atoms with E-state index in [0.29, 0.717) is 17.5 Å². The van der Waals surface area contributed by atoms with Crippen molar-refractivity contribution in [2.24, 2.45) is 0 Å². The third-order valence-corrected chi connectivity index (χ3v) is 3.72. The summed E-state index contributed by atoms with van der Waals surface area (Å²) in [5, 5.41) is 16.6. The first-order valence-corrected chi connectivity index (χ1v) is 8.48. The fraction of sp³-hybridized carbons (Fsp3) is 0.211. The lowest BCUT2D eigenvalue weighted by Gasteiger charge is -2.09. The van der Waals surface area contributed by atoms with Crippen LogP contribution < -0.4 is 5.32 Å². The number of amides is 1. The lowest BCUT2D eigenvalue weighted by Crippen LogP contribution is -2.22. The van der Waals surface area contributed by atoms with Crippen molar-refractivity contribution in [1.29, 1.82) is 0 Å². The zero-order valence-corrected chi connectivity index (χ0v) is 15.6. The molecule has 0 radical (unpaired) electrons. The lowest BCUT2D eigenvalue weighted by atomic mass is 10.2. The summed E-state index contributed by atoms with van der Waals surface area (Å²) >= 11 is 0. The Morgan fingerprint density at radius 1 is 1.07 bits per heavy atom. The van der Waals surface area contributed by atoms with Gasteiger partial charge in [0, 0.05) is 17.5 Å². The van der Waals surface area contributed by atoms with E-state index in [-0.39, 0.29) is 11.3 Å². The van der Waals surface area contributed by atoms with E-state index in [9.17, 15) is 14.7 Å². The molecule has 0 unspecified atom stereocenters. The van der Waals surface area contributed by atoms with E-state index in [0.717, 1.165) is 11.4 Å². The van der Waals surface area contributed by atoms with E-state index in [1.807, 2.05) is 19.9 Å². The molecule has 3 rings (SSSR count). The zero-order chi connectivity index (χ0) is 20.3. The van der Waals surface area contributed by atoms with Crippen molar-refractivity contribution in [3.8, 4) is 11.7 Å². The maximum Gasteiger partial charge on any atom is 0.342 e. The van der Waals surface area contributed by atoms with Crippen molar-refractivity contribution >= 4 is 17.7 Å². The number of aromatic nitrogens is 4. The number of esters is 1. The van der Waals surface area contributed by atoms with Crippen molar-refractivity contribution < 1.29 is 19.4 Å². The third kappa shape index (κ3) is 4.32. The van der Waals surface area contributed by atoms with Gasteiger partial charge in [0.2, 0.25) is 0 Å². The number of benzene rings is 1. The van der Waals surface area contributed by atoms with Gasteiger partial charge in [0.25, 0.3) is 11.9 Å². The van der Waals surface area contributed by atoms with Crippen LogP contribution in [0.25, 0.3) is 5.95 Å². The molecule has 144 valence electrons. The largest absolute Gasteiger partial charge is 0.507 e.